The number of hydrogen-bond acceptors (Lipinski definition) is 4. The average molecular weight is 257 g/mol. The van der Waals surface area contributed by atoms with Crippen LogP contribution in [0.4, 0.5) is 4.79 Å². The number of ether oxygens (including phenoxy) is 2. The van der Waals surface area contributed by atoms with Gasteiger partial charge in [-0.2, -0.15) is 0 Å². The lowest BCUT2D eigenvalue weighted by atomic mass is 9.96. The largest absolute Gasteiger partial charge is 0.479 e. The molecule has 1 amide bonds. The summed E-state index contributed by atoms with van der Waals surface area (Å²) >= 11 is 0. The van der Waals surface area contributed by atoms with Crippen LogP contribution in [-0.4, -0.2) is 52.0 Å². The molecule has 2 rings (SSSR count). The summed E-state index contributed by atoms with van der Waals surface area (Å²) in [5, 5.41) is 9.23. The molecule has 2 aliphatic heterocycles. The number of carboxylic acids is 1. The highest BCUT2D eigenvalue weighted by molar-refractivity contribution is 5.82. The second-order valence-corrected chi connectivity index (χ2v) is 6.33. The van der Waals surface area contributed by atoms with Crippen molar-refractivity contribution in [2.45, 2.75) is 50.9 Å². The molecular formula is C12H19NO5. The molecule has 2 bridgehead atoms. The first kappa shape index (κ1) is 13.1. The highest BCUT2D eigenvalue weighted by Crippen LogP contribution is 2.45. The maximum Gasteiger partial charge on any atom is 0.410 e. The number of carboxylic acid groups (broad SMARTS) is 1. The fraction of sp³-hybridized carbons (Fsp3) is 0.833. The van der Waals surface area contributed by atoms with Gasteiger partial charge in [-0.15, -0.1) is 0 Å². The van der Waals surface area contributed by atoms with Crippen molar-refractivity contribution in [3.63, 3.8) is 0 Å². The van der Waals surface area contributed by atoms with Crippen LogP contribution in [0, 0.1) is 0 Å². The molecule has 0 saturated carbocycles. The first-order valence-corrected chi connectivity index (χ1v) is 5.96. The molecule has 6 nitrogen and oxygen atoms in total. The summed E-state index contributed by atoms with van der Waals surface area (Å²) in [4.78, 5) is 24.8. The minimum Gasteiger partial charge on any atom is -0.479 e. The monoisotopic (exact) mass is 257 g/mol. The number of likely N-dealkylation sites (tertiary alicyclic amines) is 1. The maximum absolute atomic E-state index is 12.1. The number of rotatable bonds is 1. The Hall–Kier alpha value is -1.30. The normalized spacial score (nSPS) is 34.8. The fourth-order valence-electron chi connectivity index (χ4n) is 2.54. The minimum absolute atomic E-state index is 0.0494. The fourth-order valence-corrected chi connectivity index (χ4v) is 2.54. The van der Waals surface area contributed by atoms with Crippen molar-refractivity contribution in [2.75, 3.05) is 13.2 Å². The molecule has 0 aromatic carbocycles. The van der Waals surface area contributed by atoms with E-state index >= 15 is 0 Å². The highest BCUT2D eigenvalue weighted by atomic mass is 16.6. The molecule has 0 aliphatic carbocycles. The molecule has 0 spiro atoms. The third-order valence-electron chi connectivity index (χ3n) is 3.39. The molecule has 0 aromatic heterocycles. The predicted octanol–water partition coefficient (Wildman–Crippen LogP) is 1.24. The van der Waals surface area contributed by atoms with Gasteiger partial charge in [-0.25, -0.2) is 9.59 Å². The van der Waals surface area contributed by atoms with Gasteiger partial charge in [-0.1, -0.05) is 0 Å². The molecule has 2 heterocycles. The number of amides is 1. The van der Waals surface area contributed by atoms with Gasteiger partial charge in [0, 0.05) is 6.42 Å². The summed E-state index contributed by atoms with van der Waals surface area (Å²) < 4.78 is 10.7. The Morgan fingerprint density at radius 1 is 1.39 bits per heavy atom. The lowest BCUT2D eigenvalue weighted by Gasteiger charge is -2.37. The van der Waals surface area contributed by atoms with E-state index in [1.165, 1.54) is 4.90 Å². The van der Waals surface area contributed by atoms with Crippen molar-refractivity contribution in [1.82, 2.24) is 4.90 Å². The zero-order valence-corrected chi connectivity index (χ0v) is 11.1. The number of nitrogens with zero attached hydrogens (tertiary/aromatic N) is 1. The summed E-state index contributed by atoms with van der Waals surface area (Å²) in [6.07, 6.45) is -0.161. The van der Waals surface area contributed by atoms with Crippen molar-refractivity contribution in [3.05, 3.63) is 0 Å². The van der Waals surface area contributed by atoms with Crippen molar-refractivity contribution < 1.29 is 24.2 Å². The predicted molar refractivity (Wildman–Crippen MR) is 62.3 cm³/mol. The van der Waals surface area contributed by atoms with Crippen LogP contribution in [0.2, 0.25) is 0 Å². The third kappa shape index (κ3) is 1.94. The number of morpholine rings is 1. The Bertz CT molecular complexity index is 402. The van der Waals surface area contributed by atoms with Crippen molar-refractivity contribution in [1.29, 1.82) is 0 Å². The average Bonchev–Trinajstić information content (AvgIpc) is 2.66. The summed E-state index contributed by atoms with van der Waals surface area (Å²) in [6.45, 7) is 7.46. The van der Waals surface area contributed by atoms with Crippen LogP contribution < -0.4 is 0 Å². The standard InChI is InChI=1S/C12H19NO5/c1-10(2,3)18-9(16)13-6-12(8(14)15)5-11(13,4)7-17-12/h5-7H2,1-4H3,(H,14,15). The summed E-state index contributed by atoms with van der Waals surface area (Å²) in [6, 6.07) is 0. The topological polar surface area (TPSA) is 76.1 Å². The van der Waals surface area contributed by atoms with Gasteiger partial charge in [0.15, 0.2) is 5.60 Å². The van der Waals surface area contributed by atoms with E-state index in [2.05, 4.69) is 0 Å². The molecule has 1 N–H and O–H groups in total. The third-order valence-corrected chi connectivity index (χ3v) is 3.39. The Morgan fingerprint density at radius 3 is 2.44 bits per heavy atom. The van der Waals surface area contributed by atoms with Gasteiger partial charge in [-0.05, 0) is 27.7 Å². The van der Waals surface area contributed by atoms with E-state index in [0.717, 1.165) is 0 Å². The van der Waals surface area contributed by atoms with Crippen LogP contribution in [0.15, 0.2) is 0 Å². The summed E-state index contributed by atoms with van der Waals surface area (Å²) in [5.74, 6) is -1.02. The lowest BCUT2D eigenvalue weighted by molar-refractivity contribution is -0.163. The van der Waals surface area contributed by atoms with Crippen molar-refractivity contribution in [2.24, 2.45) is 0 Å². The SMILES string of the molecule is CC(C)(C)OC(=O)N1CC2(C(=O)O)CC1(C)CO2. The number of carbonyl (C=O) groups is 2. The van der Waals surface area contributed by atoms with E-state index < -0.39 is 28.8 Å². The molecule has 102 valence electrons. The second-order valence-electron chi connectivity index (χ2n) is 6.33. The number of aliphatic carboxylic acids is 1. The van der Waals surface area contributed by atoms with E-state index in [1.54, 1.807) is 20.8 Å². The molecule has 2 aliphatic rings. The quantitative estimate of drug-likeness (QED) is 0.764. The first-order valence-electron chi connectivity index (χ1n) is 5.96. The molecular weight excluding hydrogens is 238 g/mol. The summed E-state index contributed by atoms with van der Waals surface area (Å²) in [7, 11) is 0. The van der Waals surface area contributed by atoms with Crippen LogP contribution in [0.25, 0.3) is 0 Å². The molecule has 2 unspecified atom stereocenters. The van der Waals surface area contributed by atoms with E-state index in [1.807, 2.05) is 6.92 Å². The van der Waals surface area contributed by atoms with Crippen molar-refractivity contribution in [3.8, 4) is 0 Å². The molecule has 18 heavy (non-hydrogen) atoms. The van der Waals surface area contributed by atoms with Gasteiger partial charge in [0.05, 0.1) is 18.7 Å². The smallest absolute Gasteiger partial charge is 0.410 e. The van der Waals surface area contributed by atoms with Crippen LogP contribution in [-0.2, 0) is 14.3 Å². The van der Waals surface area contributed by atoms with Gasteiger partial charge in [0.1, 0.15) is 5.60 Å². The lowest BCUT2D eigenvalue weighted by Crippen LogP contribution is -2.54. The minimum atomic E-state index is -1.26. The maximum atomic E-state index is 12.1. The molecule has 2 fully saturated rings. The van der Waals surface area contributed by atoms with Gasteiger partial charge >= 0.3 is 12.1 Å². The van der Waals surface area contributed by atoms with Crippen LogP contribution in [0.3, 0.4) is 0 Å². The zero-order chi connectivity index (χ0) is 13.8. The van der Waals surface area contributed by atoms with Gasteiger partial charge in [-0.3, -0.25) is 4.90 Å². The molecule has 6 heteroatoms. The second kappa shape index (κ2) is 3.60. The highest BCUT2D eigenvalue weighted by Gasteiger charge is 2.64. The molecule has 0 aromatic rings. The van der Waals surface area contributed by atoms with Gasteiger partial charge < -0.3 is 14.6 Å². The van der Waals surface area contributed by atoms with E-state index in [9.17, 15) is 14.7 Å². The van der Waals surface area contributed by atoms with Gasteiger partial charge in [0.25, 0.3) is 0 Å². The molecule has 2 atom stereocenters. The Morgan fingerprint density at radius 2 is 2.00 bits per heavy atom. The van der Waals surface area contributed by atoms with Crippen LogP contribution >= 0.6 is 0 Å². The zero-order valence-electron chi connectivity index (χ0n) is 11.1. The van der Waals surface area contributed by atoms with E-state index in [0.29, 0.717) is 6.42 Å². The molecule has 2 saturated heterocycles. The van der Waals surface area contributed by atoms with Crippen molar-refractivity contribution >= 4 is 12.1 Å². The first-order chi connectivity index (χ1) is 8.08. The van der Waals surface area contributed by atoms with Crippen LogP contribution in [0.1, 0.15) is 34.1 Å². The van der Waals surface area contributed by atoms with E-state index in [4.69, 9.17) is 9.47 Å². The number of hydrogen-bond donors (Lipinski definition) is 1. The summed E-state index contributed by atoms with van der Waals surface area (Å²) in [5.41, 5.74) is -2.43. The van der Waals surface area contributed by atoms with E-state index in [-0.39, 0.29) is 13.2 Å². The Labute approximate surface area is 106 Å². The molecule has 0 radical (unpaired) electrons. The number of fused-ring (bicyclic) bond motifs is 2. The van der Waals surface area contributed by atoms with Gasteiger partial charge in [0.2, 0.25) is 0 Å². The Balaban J connectivity index is 2.18. The Kier molecular flexibility index (Phi) is 2.63. The van der Waals surface area contributed by atoms with Crippen LogP contribution in [0.5, 0.6) is 0 Å². The number of carbonyl (C=O) groups excluding carboxylic acids is 1.